The smallest absolute Gasteiger partial charge is 0.341 e. The minimum atomic E-state index is -1.20. The Bertz CT molecular complexity index is 1100. The molecule has 0 unspecified atom stereocenters. The fourth-order valence-corrected chi connectivity index (χ4v) is 4.15. The quantitative estimate of drug-likeness (QED) is 0.712. The summed E-state index contributed by atoms with van der Waals surface area (Å²) in [5.74, 6) is -1.20. The highest BCUT2D eigenvalue weighted by atomic mass is 16.4. The van der Waals surface area contributed by atoms with Crippen molar-refractivity contribution in [2.45, 2.75) is 32.7 Å². The second-order valence-corrected chi connectivity index (χ2v) is 7.52. The fourth-order valence-electron chi connectivity index (χ4n) is 4.15. The molecule has 0 atom stereocenters. The molecular formula is C22H25N3O3. The van der Waals surface area contributed by atoms with Gasteiger partial charge in [0.05, 0.1) is 5.69 Å². The monoisotopic (exact) mass is 379 g/mol. The molecule has 0 amide bonds. The maximum atomic E-state index is 12.2. The third-order valence-electron chi connectivity index (χ3n) is 5.75. The third kappa shape index (κ3) is 3.24. The highest BCUT2D eigenvalue weighted by Crippen LogP contribution is 2.28. The third-order valence-corrected chi connectivity index (χ3v) is 5.75. The van der Waals surface area contributed by atoms with E-state index in [0.29, 0.717) is 12.1 Å². The summed E-state index contributed by atoms with van der Waals surface area (Å²) in [7, 11) is 2.09. The van der Waals surface area contributed by atoms with Crippen LogP contribution < -0.4 is 5.56 Å². The molecule has 0 saturated carbocycles. The van der Waals surface area contributed by atoms with E-state index < -0.39 is 11.5 Å². The van der Waals surface area contributed by atoms with Gasteiger partial charge in [-0.15, -0.1) is 0 Å². The predicted octanol–water partition coefficient (Wildman–Crippen LogP) is 3.39. The molecule has 0 radical (unpaired) electrons. The summed E-state index contributed by atoms with van der Waals surface area (Å²) >= 11 is 0. The van der Waals surface area contributed by atoms with Crippen LogP contribution in [0.5, 0.6) is 0 Å². The van der Waals surface area contributed by atoms with Crippen LogP contribution in [0.4, 0.5) is 0 Å². The van der Waals surface area contributed by atoms with Crippen LogP contribution in [0.1, 0.15) is 41.4 Å². The van der Waals surface area contributed by atoms with Gasteiger partial charge in [-0.25, -0.2) is 4.79 Å². The van der Waals surface area contributed by atoms with E-state index in [2.05, 4.69) is 39.7 Å². The Balaban J connectivity index is 1.76. The number of nitrogens with zero attached hydrogens (tertiary/aromatic N) is 2. The molecule has 0 bridgehead atoms. The highest BCUT2D eigenvalue weighted by Gasteiger charge is 2.17. The average Bonchev–Trinajstić information content (AvgIpc) is 3.29. The maximum absolute atomic E-state index is 12.2. The number of rotatable bonds is 5. The van der Waals surface area contributed by atoms with Gasteiger partial charge >= 0.3 is 5.97 Å². The number of carbonyl (C=O) groups is 1. The van der Waals surface area contributed by atoms with E-state index in [1.807, 2.05) is 13.0 Å². The van der Waals surface area contributed by atoms with Crippen molar-refractivity contribution in [3.05, 3.63) is 57.5 Å². The lowest BCUT2D eigenvalue weighted by Gasteiger charge is -2.15. The average molecular weight is 379 g/mol. The minimum absolute atomic E-state index is 0.214. The van der Waals surface area contributed by atoms with Gasteiger partial charge in [-0.3, -0.25) is 9.69 Å². The first-order valence-electron chi connectivity index (χ1n) is 9.78. The Morgan fingerprint density at radius 1 is 1.18 bits per heavy atom. The Hall–Kier alpha value is -2.86. The molecule has 1 saturated heterocycles. The SMILES string of the molecule is CCc1cc(C(=O)O)c(=O)[nH]c1-c1ccc2c(c1)cc(CN1CCCC1)n2C. The van der Waals surface area contributed by atoms with Gasteiger partial charge in [0.2, 0.25) is 0 Å². The van der Waals surface area contributed by atoms with E-state index in [1.54, 1.807) is 0 Å². The number of pyridine rings is 1. The molecule has 2 N–H and O–H groups in total. The zero-order chi connectivity index (χ0) is 19.8. The summed E-state index contributed by atoms with van der Waals surface area (Å²) in [6.45, 7) is 5.22. The van der Waals surface area contributed by atoms with Gasteiger partial charge in [-0.2, -0.15) is 0 Å². The molecule has 1 fully saturated rings. The van der Waals surface area contributed by atoms with Crippen LogP contribution in [0.2, 0.25) is 0 Å². The van der Waals surface area contributed by atoms with Crippen molar-refractivity contribution in [1.82, 2.24) is 14.5 Å². The Morgan fingerprint density at radius 2 is 1.93 bits per heavy atom. The molecule has 3 heterocycles. The molecule has 28 heavy (non-hydrogen) atoms. The van der Waals surface area contributed by atoms with Gasteiger partial charge in [0.15, 0.2) is 0 Å². The van der Waals surface area contributed by atoms with Crippen LogP contribution in [-0.4, -0.2) is 38.6 Å². The van der Waals surface area contributed by atoms with E-state index in [9.17, 15) is 14.7 Å². The molecule has 2 aromatic heterocycles. The van der Waals surface area contributed by atoms with Crippen molar-refractivity contribution in [3.8, 4) is 11.3 Å². The normalized spacial score (nSPS) is 14.8. The lowest BCUT2D eigenvalue weighted by atomic mass is 10.0. The molecule has 0 aliphatic carbocycles. The van der Waals surface area contributed by atoms with Gasteiger partial charge in [-0.1, -0.05) is 13.0 Å². The van der Waals surface area contributed by atoms with Gasteiger partial charge < -0.3 is 14.7 Å². The molecule has 1 aliphatic rings. The number of aromatic nitrogens is 2. The van der Waals surface area contributed by atoms with Crippen LogP contribution in [0, 0.1) is 0 Å². The summed E-state index contributed by atoms with van der Waals surface area (Å²) in [5, 5.41) is 10.3. The lowest BCUT2D eigenvalue weighted by molar-refractivity contribution is 0.0695. The maximum Gasteiger partial charge on any atom is 0.341 e. The molecule has 0 spiro atoms. The second kappa shape index (κ2) is 7.28. The van der Waals surface area contributed by atoms with Crippen molar-refractivity contribution in [1.29, 1.82) is 0 Å². The topological polar surface area (TPSA) is 78.3 Å². The molecule has 146 valence electrons. The standard InChI is InChI=1S/C22H25N3O3/c1-3-14-12-18(22(27)28)21(26)23-20(14)15-6-7-19-16(10-15)11-17(24(19)2)13-25-8-4-5-9-25/h6-7,10-12H,3-5,8-9,13H2,1-2H3,(H,23,26)(H,27,28). The fraction of sp³-hybridized carbons (Fsp3) is 0.364. The van der Waals surface area contributed by atoms with E-state index in [0.717, 1.165) is 41.7 Å². The zero-order valence-corrected chi connectivity index (χ0v) is 16.3. The summed E-state index contributed by atoms with van der Waals surface area (Å²) in [6, 6.07) is 9.85. The largest absolute Gasteiger partial charge is 0.477 e. The molecule has 1 aliphatic heterocycles. The summed E-state index contributed by atoms with van der Waals surface area (Å²) in [6.07, 6.45) is 3.18. The molecular weight excluding hydrogens is 354 g/mol. The van der Waals surface area contributed by atoms with E-state index in [4.69, 9.17) is 0 Å². The first-order valence-corrected chi connectivity index (χ1v) is 9.78. The summed E-state index contributed by atoms with van der Waals surface area (Å²) in [5.41, 5.74) is 4.07. The van der Waals surface area contributed by atoms with Crippen LogP contribution in [0.15, 0.2) is 35.1 Å². The number of benzene rings is 1. The molecule has 6 heteroatoms. The summed E-state index contributed by atoms with van der Waals surface area (Å²) < 4.78 is 2.23. The number of hydrogen-bond donors (Lipinski definition) is 2. The number of hydrogen-bond acceptors (Lipinski definition) is 3. The molecule has 3 aromatic rings. The number of fused-ring (bicyclic) bond motifs is 1. The van der Waals surface area contributed by atoms with Gasteiger partial charge in [0, 0.05) is 30.2 Å². The Labute approximate surface area is 163 Å². The number of aromatic amines is 1. The number of aryl methyl sites for hydroxylation is 2. The van der Waals surface area contributed by atoms with Gasteiger partial charge in [0.1, 0.15) is 5.56 Å². The van der Waals surface area contributed by atoms with Gasteiger partial charge in [0.25, 0.3) is 5.56 Å². The predicted molar refractivity (Wildman–Crippen MR) is 110 cm³/mol. The number of aromatic carboxylic acids is 1. The van der Waals surface area contributed by atoms with Crippen LogP contribution in [-0.2, 0) is 20.0 Å². The van der Waals surface area contributed by atoms with E-state index >= 15 is 0 Å². The zero-order valence-electron chi connectivity index (χ0n) is 16.3. The van der Waals surface area contributed by atoms with Crippen molar-refractivity contribution < 1.29 is 9.90 Å². The number of carboxylic acid groups (broad SMARTS) is 1. The number of likely N-dealkylation sites (tertiary alicyclic amines) is 1. The van der Waals surface area contributed by atoms with E-state index in [1.165, 1.54) is 24.6 Å². The summed E-state index contributed by atoms with van der Waals surface area (Å²) in [4.78, 5) is 28.7. The number of H-pyrrole nitrogens is 1. The van der Waals surface area contributed by atoms with Crippen LogP contribution in [0.25, 0.3) is 22.2 Å². The highest BCUT2D eigenvalue weighted by molar-refractivity contribution is 5.89. The van der Waals surface area contributed by atoms with Crippen molar-refractivity contribution in [2.75, 3.05) is 13.1 Å². The molecule has 1 aromatic carbocycles. The Kier molecular flexibility index (Phi) is 4.81. The number of carboxylic acids is 1. The lowest BCUT2D eigenvalue weighted by Crippen LogP contribution is -2.19. The Morgan fingerprint density at radius 3 is 2.61 bits per heavy atom. The first-order chi connectivity index (χ1) is 13.5. The molecule has 4 rings (SSSR count). The second-order valence-electron chi connectivity index (χ2n) is 7.52. The minimum Gasteiger partial charge on any atom is -0.477 e. The van der Waals surface area contributed by atoms with Crippen molar-refractivity contribution in [2.24, 2.45) is 7.05 Å². The first kappa shape index (κ1) is 18.5. The van der Waals surface area contributed by atoms with Crippen molar-refractivity contribution >= 4 is 16.9 Å². The van der Waals surface area contributed by atoms with Crippen molar-refractivity contribution in [3.63, 3.8) is 0 Å². The van der Waals surface area contributed by atoms with Gasteiger partial charge in [-0.05, 0) is 67.7 Å². The van der Waals surface area contributed by atoms with E-state index in [-0.39, 0.29) is 5.56 Å². The van der Waals surface area contributed by atoms with Crippen LogP contribution >= 0.6 is 0 Å². The molecule has 6 nitrogen and oxygen atoms in total. The number of nitrogens with one attached hydrogen (secondary N) is 1. The van der Waals surface area contributed by atoms with Crippen LogP contribution in [0.3, 0.4) is 0 Å².